The summed E-state index contributed by atoms with van der Waals surface area (Å²) in [6.45, 7) is 1.24. The van der Waals surface area contributed by atoms with Crippen molar-refractivity contribution in [1.29, 1.82) is 0 Å². The molecule has 1 spiro atoms. The maximum absolute atomic E-state index is 14.6. The highest BCUT2D eigenvalue weighted by Crippen LogP contribution is 2.38. The molecule has 2 aliphatic heterocycles. The molecular formula is C18H22FN3O4. The van der Waals surface area contributed by atoms with Crippen LogP contribution in [0.25, 0.3) is 0 Å². The molecule has 3 aliphatic rings. The van der Waals surface area contributed by atoms with Gasteiger partial charge in [0.25, 0.3) is 11.8 Å². The first-order chi connectivity index (χ1) is 12.5. The lowest BCUT2D eigenvalue weighted by Crippen LogP contribution is -2.62. The summed E-state index contributed by atoms with van der Waals surface area (Å²) in [6.07, 6.45) is 4.53. The Balaban J connectivity index is 1.56. The molecular weight excluding hydrogens is 341 g/mol. The van der Waals surface area contributed by atoms with Gasteiger partial charge in [0.15, 0.2) is 5.67 Å². The Labute approximate surface area is 151 Å². The molecule has 0 bridgehead atoms. The normalized spacial score (nSPS) is 28.6. The van der Waals surface area contributed by atoms with Crippen LogP contribution < -0.4 is 4.90 Å². The molecule has 2 saturated heterocycles. The summed E-state index contributed by atoms with van der Waals surface area (Å²) in [5.41, 5.74) is -1.95. The zero-order chi connectivity index (χ0) is 18.2. The van der Waals surface area contributed by atoms with Crippen molar-refractivity contribution in [1.82, 2.24) is 9.88 Å². The number of anilines is 1. The number of hydrogen-bond donors (Lipinski definition) is 0. The van der Waals surface area contributed by atoms with Crippen LogP contribution in [0.15, 0.2) is 24.5 Å². The predicted molar refractivity (Wildman–Crippen MR) is 90.4 cm³/mol. The van der Waals surface area contributed by atoms with E-state index in [-0.39, 0.29) is 45.1 Å². The standard InChI is InChI=1S/C18H22FN3O4/c19-18(4-2-5-18)16(24)21-7-8-25-13-17(11-21)12-22(15(23)10-26-17)14-3-1-6-20-9-14/h1,3,6,9H,2,4-5,7-8,10-13H2. The van der Waals surface area contributed by atoms with Gasteiger partial charge in [-0.15, -0.1) is 0 Å². The Morgan fingerprint density at radius 2 is 2.15 bits per heavy atom. The quantitative estimate of drug-likeness (QED) is 0.782. The van der Waals surface area contributed by atoms with Crippen LogP contribution in [0.3, 0.4) is 0 Å². The van der Waals surface area contributed by atoms with E-state index in [1.54, 1.807) is 29.4 Å². The van der Waals surface area contributed by atoms with Gasteiger partial charge in [0.2, 0.25) is 0 Å². The molecule has 7 nitrogen and oxygen atoms in total. The fraction of sp³-hybridized carbons (Fsp3) is 0.611. The molecule has 1 aromatic rings. The Hall–Kier alpha value is -2.06. The maximum Gasteiger partial charge on any atom is 0.260 e. The van der Waals surface area contributed by atoms with Crippen molar-refractivity contribution in [3.8, 4) is 0 Å². The number of amides is 2. The number of ether oxygens (including phenoxy) is 2. The van der Waals surface area contributed by atoms with E-state index in [0.717, 1.165) is 6.42 Å². The molecule has 8 heteroatoms. The molecule has 2 amide bonds. The first-order valence-corrected chi connectivity index (χ1v) is 8.92. The Kier molecular flexibility index (Phi) is 4.40. The summed E-state index contributed by atoms with van der Waals surface area (Å²) in [4.78, 5) is 32.1. The highest BCUT2D eigenvalue weighted by atomic mass is 19.1. The molecule has 0 N–H and O–H groups in total. The fourth-order valence-electron chi connectivity index (χ4n) is 3.71. The van der Waals surface area contributed by atoms with Crippen molar-refractivity contribution in [2.45, 2.75) is 30.5 Å². The van der Waals surface area contributed by atoms with Crippen LogP contribution >= 0.6 is 0 Å². The number of hydrogen-bond acceptors (Lipinski definition) is 5. The number of carbonyl (C=O) groups is 2. The summed E-state index contributed by atoms with van der Waals surface area (Å²) in [5, 5.41) is 0. The van der Waals surface area contributed by atoms with Crippen LogP contribution in [-0.4, -0.2) is 72.4 Å². The summed E-state index contributed by atoms with van der Waals surface area (Å²) in [5.74, 6) is -0.659. The van der Waals surface area contributed by atoms with Crippen molar-refractivity contribution in [3.63, 3.8) is 0 Å². The van der Waals surface area contributed by atoms with Gasteiger partial charge in [-0.25, -0.2) is 4.39 Å². The molecule has 3 fully saturated rings. The second kappa shape index (κ2) is 6.59. The van der Waals surface area contributed by atoms with E-state index in [0.29, 0.717) is 18.8 Å². The minimum Gasteiger partial charge on any atom is -0.376 e. The predicted octanol–water partition coefficient (Wildman–Crippen LogP) is 0.935. The van der Waals surface area contributed by atoms with Gasteiger partial charge in [-0.1, -0.05) is 0 Å². The molecule has 3 heterocycles. The van der Waals surface area contributed by atoms with Crippen molar-refractivity contribution < 1.29 is 23.5 Å². The first-order valence-electron chi connectivity index (χ1n) is 8.92. The number of rotatable bonds is 2. The Bertz CT molecular complexity index is 697. The van der Waals surface area contributed by atoms with Crippen molar-refractivity contribution in [2.24, 2.45) is 0 Å². The van der Waals surface area contributed by atoms with Crippen molar-refractivity contribution >= 4 is 17.5 Å². The zero-order valence-electron chi connectivity index (χ0n) is 14.5. The van der Waals surface area contributed by atoms with Gasteiger partial charge < -0.3 is 19.3 Å². The average Bonchev–Trinajstić information content (AvgIpc) is 2.85. The minimum absolute atomic E-state index is 0.110. The number of aromatic nitrogens is 1. The van der Waals surface area contributed by atoms with Gasteiger partial charge in [-0.2, -0.15) is 0 Å². The highest BCUT2D eigenvalue weighted by Gasteiger charge is 2.50. The van der Waals surface area contributed by atoms with E-state index in [1.807, 2.05) is 0 Å². The van der Waals surface area contributed by atoms with E-state index in [1.165, 1.54) is 4.90 Å². The Morgan fingerprint density at radius 1 is 1.31 bits per heavy atom. The summed E-state index contributed by atoms with van der Waals surface area (Å²) in [6, 6.07) is 3.56. The fourth-order valence-corrected chi connectivity index (χ4v) is 3.71. The van der Waals surface area contributed by atoms with E-state index in [4.69, 9.17) is 9.47 Å². The number of morpholine rings is 1. The third-order valence-corrected chi connectivity index (χ3v) is 5.37. The van der Waals surface area contributed by atoms with E-state index < -0.39 is 17.2 Å². The average molecular weight is 363 g/mol. The van der Waals surface area contributed by atoms with Crippen LogP contribution in [-0.2, 0) is 19.1 Å². The second-order valence-electron chi connectivity index (χ2n) is 7.26. The van der Waals surface area contributed by atoms with E-state index in [9.17, 15) is 14.0 Å². The molecule has 0 radical (unpaired) electrons. The minimum atomic E-state index is -1.75. The second-order valence-corrected chi connectivity index (χ2v) is 7.26. The molecule has 1 saturated carbocycles. The van der Waals surface area contributed by atoms with E-state index >= 15 is 0 Å². The lowest BCUT2D eigenvalue weighted by atomic mass is 9.80. The van der Waals surface area contributed by atoms with Crippen LogP contribution in [0.1, 0.15) is 19.3 Å². The van der Waals surface area contributed by atoms with Crippen LogP contribution in [0.2, 0.25) is 0 Å². The van der Waals surface area contributed by atoms with Gasteiger partial charge >= 0.3 is 0 Å². The number of pyridine rings is 1. The van der Waals surface area contributed by atoms with Gasteiger partial charge in [0.1, 0.15) is 12.2 Å². The highest BCUT2D eigenvalue weighted by molar-refractivity contribution is 5.95. The van der Waals surface area contributed by atoms with Gasteiger partial charge in [0.05, 0.1) is 38.2 Å². The maximum atomic E-state index is 14.6. The van der Waals surface area contributed by atoms with Crippen LogP contribution in [0.4, 0.5) is 10.1 Å². The smallest absolute Gasteiger partial charge is 0.260 e. The number of halogens is 1. The van der Waals surface area contributed by atoms with Gasteiger partial charge in [0, 0.05) is 12.7 Å². The Morgan fingerprint density at radius 3 is 2.85 bits per heavy atom. The van der Waals surface area contributed by atoms with Crippen molar-refractivity contribution in [2.75, 3.05) is 44.4 Å². The van der Waals surface area contributed by atoms with Gasteiger partial charge in [-0.05, 0) is 31.4 Å². The lowest BCUT2D eigenvalue weighted by Gasteiger charge is -2.44. The molecule has 4 rings (SSSR count). The van der Waals surface area contributed by atoms with Gasteiger partial charge in [-0.3, -0.25) is 14.6 Å². The number of carbonyl (C=O) groups excluding carboxylic acids is 2. The monoisotopic (exact) mass is 363 g/mol. The number of alkyl halides is 1. The summed E-state index contributed by atoms with van der Waals surface area (Å²) < 4.78 is 26.1. The summed E-state index contributed by atoms with van der Waals surface area (Å²) >= 11 is 0. The SMILES string of the molecule is O=C1COC2(COCCN(C(=O)C3(F)CCC3)C2)CN1c1cccnc1. The number of nitrogens with zero attached hydrogens (tertiary/aromatic N) is 3. The topological polar surface area (TPSA) is 72.0 Å². The molecule has 1 aliphatic carbocycles. The third-order valence-electron chi connectivity index (χ3n) is 5.37. The molecule has 140 valence electrons. The lowest BCUT2D eigenvalue weighted by molar-refractivity contribution is -0.158. The van der Waals surface area contributed by atoms with Crippen molar-refractivity contribution in [3.05, 3.63) is 24.5 Å². The van der Waals surface area contributed by atoms with E-state index in [2.05, 4.69) is 4.98 Å². The third kappa shape index (κ3) is 3.07. The first kappa shape index (κ1) is 17.4. The van der Waals surface area contributed by atoms with Crippen LogP contribution in [0, 0.1) is 0 Å². The zero-order valence-corrected chi connectivity index (χ0v) is 14.5. The molecule has 1 aromatic heterocycles. The largest absolute Gasteiger partial charge is 0.376 e. The molecule has 1 unspecified atom stereocenters. The molecule has 1 atom stereocenters. The molecule has 26 heavy (non-hydrogen) atoms. The molecule has 0 aromatic carbocycles. The van der Waals surface area contributed by atoms with Crippen LogP contribution in [0.5, 0.6) is 0 Å². The summed E-state index contributed by atoms with van der Waals surface area (Å²) in [7, 11) is 0.